The zero-order valence-corrected chi connectivity index (χ0v) is 19.3. The van der Waals surface area contributed by atoms with Crippen molar-refractivity contribution in [3.63, 3.8) is 0 Å². The molecule has 2 aromatic carbocycles. The van der Waals surface area contributed by atoms with Gasteiger partial charge in [0.15, 0.2) is 0 Å². The smallest absolute Gasteiger partial charge is 0.237 e. The van der Waals surface area contributed by atoms with Gasteiger partial charge in [-0.1, -0.05) is 35.5 Å². The third-order valence-corrected chi connectivity index (χ3v) is 6.65. The fourth-order valence-electron chi connectivity index (χ4n) is 3.89. The summed E-state index contributed by atoms with van der Waals surface area (Å²) in [5.74, 6) is 0.147. The molecular weight excluding hydrogens is 428 g/mol. The number of nitrogens with one attached hydrogen (secondary N) is 2. The van der Waals surface area contributed by atoms with Crippen LogP contribution in [0.2, 0.25) is 5.02 Å². The lowest BCUT2D eigenvalue weighted by Gasteiger charge is -2.28. The van der Waals surface area contributed by atoms with E-state index < -0.39 is 0 Å². The number of thioether (sulfide) groups is 1. The van der Waals surface area contributed by atoms with Gasteiger partial charge < -0.3 is 10.2 Å². The minimum Gasteiger partial charge on any atom is -0.369 e. The number of anilines is 2. The predicted octanol–water partition coefficient (Wildman–Crippen LogP) is 5.84. The average Bonchev–Trinajstić information content (AvgIpc) is 3.34. The molecule has 2 N–H and O–H groups in total. The van der Waals surface area contributed by atoms with Crippen LogP contribution in [-0.4, -0.2) is 24.3 Å². The normalized spacial score (nSPS) is 18.6. The molecule has 0 aromatic heterocycles. The number of rotatable bonds is 5. The molecule has 2 aromatic rings. The first kappa shape index (κ1) is 21.5. The van der Waals surface area contributed by atoms with Gasteiger partial charge in [-0.3, -0.25) is 15.1 Å². The maximum Gasteiger partial charge on any atom is 0.237 e. The molecule has 0 atom stereocenters. The van der Waals surface area contributed by atoms with Gasteiger partial charge >= 0.3 is 0 Å². The third-order valence-electron chi connectivity index (χ3n) is 5.46. The molecule has 2 aliphatic rings. The summed E-state index contributed by atoms with van der Waals surface area (Å²) < 4.78 is 0. The number of hydrogen-bond donors (Lipinski definition) is 2. The average molecular weight is 453 g/mol. The molecule has 0 radical (unpaired) electrons. The standard InChI is InChI=1S/C24H25ClN4OS/c1-4-28(15(2)3)18-9-11-19(12-10-18)29-22(30)13-20(23(29)26)24-27-21(14-31-24)16-5-7-17(25)8-6-16/h5-12,14-15,26-27H,4,13H2,1-3H3/b24-20-,26-23?. The second-order valence-electron chi connectivity index (χ2n) is 7.74. The summed E-state index contributed by atoms with van der Waals surface area (Å²) in [7, 11) is 0. The maximum absolute atomic E-state index is 12.8. The molecular formula is C24H25ClN4OS. The van der Waals surface area contributed by atoms with Crippen molar-refractivity contribution in [3.8, 4) is 0 Å². The Balaban J connectivity index is 1.54. The van der Waals surface area contributed by atoms with Crippen LogP contribution in [0.15, 0.2) is 64.5 Å². The van der Waals surface area contributed by atoms with Crippen molar-refractivity contribution in [1.29, 1.82) is 5.41 Å². The summed E-state index contributed by atoms with van der Waals surface area (Å²) >= 11 is 7.49. The number of amides is 1. The van der Waals surface area contributed by atoms with Crippen molar-refractivity contribution < 1.29 is 4.79 Å². The molecule has 5 nitrogen and oxygen atoms in total. The van der Waals surface area contributed by atoms with Crippen molar-refractivity contribution in [3.05, 3.63) is 75.1 Å². The van der Waals surface area contributed by atoms with Crippen LogP contribution >= 0.6 is 23.4 Å². The van der Waals surface area contributed by atoms with Crippen molar-refractivity contribution in [2.24, 2.45) is 0 Å². The van der Waals surface area contributed by atoms with Crippen LogP contribution in [0, 0.1) is 5.41 Å². The summed E-state index contributed by atoms with van der Waals surface area (Å²) in [4.78, 5) is 16.6. The Morgan fingerprint density at radius 2 is 1.84 bits per heavy atom. The van der Waals surface area contributed by atoms with E-state index in [1.54, 1.807) is 0 Å². The molecule has 1 amide bonds. The highest BCUT2D eigenvalue weighted by Gasteiger charge is 2.35. The molecule has 2 aliphatic heterocycles. The number of hydrogen-bond acceptors (Lipinski definition) is 5. The summed E-state index contributed by atoms with van der Waals surface area (Å²) in [6.07, 6.45) is 0.213. The van der Waals surface area contributed by atoms with Crippen molar-refractivity contribution in [1.82, 2.24) is 5.32 Å². The Labute approximate surface area is 192 Å². The second-order valence-corrected chi connectivity index (χ2v) is 9.06. The highest BCUT2D eigenvalue weighted by atomic mass is 35.5. The number of carbonyl (C=O) groups excluding carboxylic acids is 1. The third kappa shape index (κ3) is 4.23. The molecule has 0 spiro atoms. The van der Waals surface area contributed by atoms with Gasteiger partial charge in [-0.05, 0) is 62.7 Å². The first-order valence-corrected chi connectivity index (χ1v) is 11.6. The van der Waals surface area contributed by atoms with Crippen LogP contribution in [0.3, 0.4) is 0 Å². The van der Waals surface area contributed by atoms with Gasteiger partial charge in [-0.25, -0.2) is 0 Å². The van der Waals surface area contributed by atoms with E-state index in [9.17, 15) is 4.79 Å². The second kappa shape index (κ2) is 8.81. The van der Waals surface area contributed by atoms with E-state index in [2.05, 4.69) is 31.0 Å². The number of amidine groups is 1. The van der Waals surface area contributed by atoms with Gasteiger partial charge in [0.2, 0.25) is 5.91 Å². The summed E-state index contributed by atoms with van der Waals surface area (Å²) in [6.45, 7) is 7.37. The minimum atomic E-state index is -0.0844. The molecule has 1 fully saturated rings. The maximum atomic E-state index is 12.8. The molecule has 7 heteroatoms. The molecule has 0 bridgehead atoms. The van der Waals surface area contributed by atoms with E-state index in [1.807, 2.05) is 53.9 Å². The van der Waals surface area contributed by atoms with Gasteiger partial charge in [0.25, 0.3) is 0 Å². The van der Waals surface area contributed by atoms with Gasteiger partial charge in [0.1, 0.15) is 5.84 Å². The molecule has 0 aliphatic carbocycles. The van der Waals surface area contributed by atoms with Gasteiger partial charge in [0.05, 0.1) is 22.8 Å². The van der Waals surface area contributed by atoms with E-state index in [0.29, 0.717) is 11.1 Å². The summed E-state index contributed by atoms with van der Waals surface area (Å²) in [6, 6.07) is 15.9. The molecule has 0 unspecified atom stereocenters. The Kier molecular flexibility index (Phi) is 6.12. The van der Waals surface area contributed by atoms with Crippen molar-refractivity contribution in [2.45, 2.75) is 33.2 Å². The highest BCUT2D eigenvalue weighted by Crippen LogP contribution is 2.37. The van der Waals surface area contributed by atoms with E-state index in [-0.39, 0.29) is 18.2 Å². The number of nitrogens with zero attached hydrogens (tertiary/aromatic N) is 2. The number of halogens is 1. The zero-order chi connectivity index (χ0) is 22.1. The van der Waals surface area contributed by atoms with Gasteiger partial charge in [-0.2, -0.15) is 0 Å². The molecule has 2 heterocycles. The van der Waals surface area contributed by atoms with Crippen LogP contribution in [0.25, 0.3) is 5.70 Å². The Bertz CT molecular complexity index is 1070. The van der Waals surface area contributed by atoms with Crippen LogP contribution in [-0.2, 0) is 4.79 Å². The van der Waals surface area contributed by atoms with Crippen LogP contribution in [0.4, 0.5) is 11.4 Å². The van der Waals surface area contributed by atoms with Crippen LogP contribution in [0.5, 0.6) is 0 Å². The van der Waals surface area contributed by atoms with Gasteiger partial charge in [-0.15, -0.1) is 0 Å². The first-order valence-electron chi connectivity index (χ1n) is 10.3. The lowest BCUT2D eigenvalue weighted by molar-refractivity contribution is -0.116. The zero-order valence-electron chi connectivity index (χ0n) is 17.8. The van der Waals surface area contributed by atoms with Crippen LogP contribution in [0.1, 0.15) is 32.8 Å². The van der Waals surface area contributed by atoms with E-state index in [1.165, 1.54) is 16.7 Å². The minimum absolute atomic E-state index is 0.0844. The Morgan fingerprint density at radius 3 is 2.45 bits per heavy atom. The van der Waals surface area contributed by atoms with Gasteiger partial charge in [0, 0.05) is 34.3 Å². The molecule has 4 rings (SSSR count). The van der Waals surface area contributed by atoms with Crippen molar-refractivity contribution >= 4 is 52.2 Å². The number of carbonyl (C=O) groups is 1. The lowest BCUT2D eigenvalue weighted by atomic mass is 10.1. The van der Waals surface area contributed by atoms with E-state index >= 15 is 0 Å². The van der Waals surface area contributed by atoms with Crippen molar-refractivity contribution in [2.75, 3.05) is 16.3 Å². The SMILES string of the molecule is CCN(c1ccc(N2C(=N)/C(=C3/NC(c4ccc(Cl)cc4)=CS3)CC2=O)cc1)C(C)C. The molecule has 31 heavy (non-hydrogen) atoms. The highest BCUT2D eigenvalue weighted by molar-refractivity contribution is 8.06. The molecule has 1 saturated heterocycles. The Hall–Kier alpha value is -2.70. The largest absolute Gasteiger partial charge is 0.369 e. The quantitative estimate of drug-likeness (QED) is 0.598. The predicted molar refractivity (Wildman–Crippen MR) is 132 cm³/mol. The monoisotopic (exact) mass is 452 g/mol. The first-order chi connectivity index (χ1) is 14.9. The van der Waals surface area contributed by atoms with Crippen LogP contribution < -0.4 is 15.1 Å². The summed E-state index contributed by atoms with van der Waals surface area (Å²) in [5, 5.41) is 15.6. The lowest BCUT2D eigenvalue weighted by Crippen LogP contribution is -2.31. The molecule has 0 saturated carbocycles. The fraction of sp³-hybridized carbons (Fsp3) is 0.250. The topological polar surface area (TPSA) is 59.4 Å². The fourth-order valence-corrected chi connectivity index (χ4v) is 4.93. The number of benzene rings is 2. The van der Waals surface area contributed by atoms with E-state index in [0.717, 1.165) is 39.8 Å². The van der Waals surface area contributed by atoms with E-state index in [4.69, 9.17) is 17.0 Å². The summed E-state index contributed by atoms with van der Waals surface area (Å²) in [5.41, 5.74) is 4.52. The Morgan fingerprint density at radius 1 is 1.16 bits per heavy atom. The molecule has 160 valence electrons.